The highest BCUT2D eigenvalue weighted by molar-refractivity contribution is 7.84. The van der Waals surface area contributed by atoms with Crippen molar-refractivity contribution in [1.29, 1.82) is 5.41 Å². The van der Waals surface area contributed by atoms with E-state index in [4.69, 9.17) is 5.41 Å². The summed E-state index contributed by atoms with van der Waals surface area (Å²) in [5.41, 5.74) is 0.299. The summed E-state index contributed by atoms with van der Waals surface area (Å²) in [5.74, 6) is -0.905. The van der Waals surface area contributed by atoms with Gasteiger partial charge in [-0.25, -0.2) is 0 Å². The lowest BCUT2D eigenvalue weighted by Gasteiger charge is -1.92. The van der Waals surface area contributed by atoms with Crippen molar-refractivity contribution in [3.05, 3.63) is 10.5 Å². The summed E-state index contributed by atoms with van der Waals surface area (Å²) >= 11 is 3.83. The molecular weight excluding hydrogens is 125 g/mol. The molecule has 0 aliphatic rings. The second-order valence-electron chi connectivity index (χ2n) is 1.52. The van der Waals surface area contributed by atoms with Crippen LogP contribution in [0.15, 0.2) is 10.5 Å². The van der Waals surface area contributed by atoms with E-state index in [1.807, 2.05) is 0 Å². The van der Waals surface area contributed by atoms with E-state index in [2.05, 4.69) is 12.6 Å². The molecule has 0 spiro atoms. The van der Waals surface area contributed by atoms with E-state index in [0.717, 1.165) is 0 Å². The van der Waals surface area contributed by atoms with Crippen LogP contribution in [-0.2, 0) is 0 Å². The van der Waals surface area contributed by atoms with Crippen molar-refractivity contribution in [1.82, 2.24) is 0 Å². The van der Waals surface area contributed by atoms with E-state index in [-0.39, 0.29) is 0 Å². The van der Waals surface area contributed by atoms with E-state index in [1.165, 1.54) is 6.92 Å². The summed E-state index contributed by atoms with van der Waals surface area (Å²) in [6.07, 6.45) is 0. The van der Waals surface area contributed by atoms with Gasteiger partial charge < -0.3 is 0 Å². The maximum atomic E-state index is 11.8. The lowest BCUT2D eigenvalue weighted by molar-refractivity contribution is 0.793. The number of hydrogen-bond donors (Lipinski definition) is 2. The third-order valence-corrected chi connectivity index (χ3v) is 1.21. The Balaban J connectivity index is 4.23. The van der Waals surface area contributed by atoms with Gasteiger partial charge in [-0.3, -0.25) is 5.41 Å². The fourth-order valence-electron chi connectivity index (χ4n) is 0.159. The molecule has 0 aromatic rings. The van der Waals surface area contributed by atoms with Gasteiger partial charge in [-0.05, 0) is 18.8 Å². The molecule has 0 rings (SSSR count). The number of allylic oxidation sites excluding steroid dienone is 2. The van der Waals surface area contributed by atoms with E-state index < -0.39 is 5.97 Å². The maximum Gasteiger partial charge on any atom is 0.209 e. The van der Waals surface area contributed by atoms with E-state index in [1.54, 1.807) is 6.92 Å². The quantitative estimate of drug-likeness (QED) is 0.404. The number of rotatable bonds is 1. The Morgan fingerprint density at radius 1 is 1.50 bits per heavy atom. The van der Waals surface area contributed by atoms with E-state index >= 15 is 0 Å². The lowest BCUT2D eigenvalue weighted by Crippen LogP contribution is -1.88. The number of halogens is 1. The SMILES string of the molecule is C/C(S)=C(\C)C(=N)F. The Labute approximate surface area is 53.5 Å². The average Bonchev–Trinajstić information content (AvgIpc) is 1.64. The molecular formula is C5H8FNS. The predicted octanol–water partition coefficient (Wildman–Crippen LogP) is 2.16. The van der Waals surface area contributed by atoms with Crippen molar-refractivity contribution in [2.75, 3.05) is 0 Å². The molecule has 0 bridgehead atoms. The molecule has 0 saturated heterocycles. The third kappa shape index (κ3) is 2.12. The molecule has 0 atom stereocenters. The Hall–Kier alpha value is -0.310. The first-order valence-electron chi connectivity index (χ1n) is 2.16. The van der Waals surface area contributed by atoms with Gasteiger partial charge in [0.25, 0.3) is 0 Å². The lowest BCUT2D eigenvalue weighted by atomic mass is 10.3. The summed E-state index contributed by atoms with van der Waals surface area (Å²) in [6.45, 7) is 3.16. The molecule has 0 aromatic carbocycles. The van der Waals surface area contributed by atoms with Crippen LogP contribution in [0.25, 0.3) is 0 Å². The highest BCUT2D eigenvalue weighted by Gasteiger charge is 1.96. The van der Waals surface area contributed by atoms with Gasteiger partial charge in [0.2, 0.25) is 5.97 Å². The molecule has 1 nitrogen and oxygen atoms in total. The molecule has 0 fully saturated rings. The van der Waals surface area contributed by atoms with Crippen molar-refractivity contribution in [3.8, 4) is 0 Å². The first-order valence-corrected chi connectivity index (χ1v) is 2.61. The summed E-state index contributed by atoms with van der Waals surface area (Å²) in [6, 6.07) is 0. The maximum absolute atomic E-state index is 11.8. The standard InChI is InChI=1S/C5H8FNS/c1-3(4(2)8)5(6)7/h7-8H,1-2H3/b4-3-,7-5?. The smallest absolute Gasteiger partial charge is 0.209 e. The Morgan fingerprint density at radius 3 is 1.88 bits per heavy atom. The van der Waals surface area contributed by atoms with Crippen LogP contribution in [0.5, 0.6) is 0 Å². The van der Waals surface area contributed by atoms with Crippen molar-refractivity contribution in [3.63, 3.8) is 0 Å². The minimum Gasteiger partial charge on any atom is -0.274 e. The van der Waals surface area contributed by atoms with Crippen molar-refractivity contribution >= 4 is 18.6 Å². The molecule has 0 unspecified atom stereocenters. The van der Waals surface area contributed by atoms with Crippen molar-refractivity contribution < 1.29 is 4.39 Å². The summed E-state index contributed by atoms with van der Waals surface area (Å²) < 4.78 is 11.8. The second kappa shape index (κ2) is 2.87. The minimum absolute atomic E-state index is 0.299. The molecule has 0 aliphatic carbocycles. The van der Waals surface area contributed by atoms with Gasteiger partial charge in [0.1, 0.15) is 0 Å². The summed E-state index contributed by atoms with van der Waals surface area (Å²) in [5, 5.41) is 6.46. The van der Waals surface area contributed by atoms with Crippen LogP contribution < -0.4 is 0 Å². The fourth-order valence-corrected chi connectivity index (χ4v) is 0.257. The summed E-state index contributed by atoms with van der Waals surface area (Å²) in [4.78, 5) is 0.553. The molecule has 3 heteroatoms. The average molecular weight is 133 g/mol. The first kappa shape index (κ1) is 7.69. The third-order valence-electron chi connectivity index (χ3n) is 0.872. The van der Waals surface area contributed by atoms with Crippen LogP contribution >= 0.6 is 12.6 Å². The van der Waals surface area contributed by atoms with Crippen LogP contribution in [0.2, 0.25) is 0 Å². The van der Waals surface area contributed by atoms with Crippen LogP contribution in [0.1, 0.15) is 13.8 Å². The van der Waals surface area contributed by atoms with Gasteiger partial charge in [-0.15, -0.1) is 12.6 Å². The minimum atomic E-state index is -0.905. The largest absolute Gasteiger partial charge is 0.274 e. The fraction of sp³-hybridized carbons (Fsp3) is 0.400. The highest BCUT2D eigenvalue weighted by atomic mass is 32.1. The topological polar surface area (TPSA) is 23.9 Å². The molecule has 8 heavy (non-hydrogen) atoms. The zero-order valence-electron chi connectivity index (χ0n) is 4.83. The molecule has 0 heterocycles. The van der Waals surface area contributed by atoms with Crippen LogP contribution in [0.4, 0.5) is 4.39 Å². The monoisotopic (exact) mass is 133 g/mol. The van der Waals surface area contributed by atoms with Gasteiger partial charge in [0.15, 0.2) is 0 Å². The molecule has 0 amide bonds. The predicted molar refractivity (Wildman–Crippen MR) is 36.2 cm³/mol. The highest BCUT2D eigenvalue weighted by Crippen LogP contribution is 2.07. The van der Waals surface area contributed by atoms with E-state index in [9.17, 15) is 4.39 Å². The normalized spacial score (nSPS) is 13.0. The molecule has 0 radical (unpaired) electrons. The van der Waals surface area contributed by atoms with Crippen LogP contribution in [-0.4, -0.2) is 5.97 Å². The zero-order valence-corrected chi connectivity index (χ0v) is 5.72. The van der Waals surface area contributed by atoms with Gasteiger partial charge in [-0.2, -0.15) is 4.39 Å². The summed E-state index contributed by atoms with van der Waals surface area (Å²) in [7, 11) is 0. The van der Waals surface area contributed by atoms with Gasteiger partial charge in [-0.1, -0.05) is 0 Å². The molecule has 46 valence electrons. The van der Waals surface area contributed by atoms with Gasteiger partial charge >= 0.3 is 0 Å². The second-order valence-corrected chi connectivity index (χ2v) is 2.20. The van der Waals surface area contributed by atoms with Crippen molar-refractivity contribution in [2.45, 2.75) is 13.8 Å². The van der Waals surface area contributed by atoms with Crippen LogP contribution in [0, 0.1) is 5.41 Å². The molecule has 0 aromatic heterocycles. The van der Waals surface area contributed by atoms with E-state index in [0.29, 0.717) is 10.5 Å². The zero-order chi connectivity index (χ0) is 6.73. The number of hydrogen-bond acceptors (Lipinski definition) is 2. The molecule has 0 aliphatic heterocycles. The molecule has 0 saturated carbocycles. The van der Waals surface area contributed by atoms with Crippen LogP contribution in [0.3, 0.4) is 0 Å². The number of thiol groups is 1. The Morgan fingerprint density at radius 2 is 1.88 bits per heavy atom. The van der Waals surface area contributed by atoms with Gasteiger partial charge in [0, 0.05) is 5.57 Å². The number of nitrogens with one attached hydrogen (secondary N) is 1. The van der Waals surface area contributed by atoms with Gasteiger partial charge in [0.05, 0.1) is 0 Å². The Kier molecular flexibility index (Phi) is 2.76. The Bertz CT molecular complexity index is 135. The first-order chi connectivity index (χ1) is 3.55. The van der Waals surface area contributed by atoms with Crippen molar-refractivity contribution in [2.24, 2.45) is 0 Å². The molecule has 1 N–H and O–H groups in total.